The van der Waals surface area contributed by atoms with E-state index in [1.165, 1.54) is 0 Å². The van der Waals surface area contributed by atoms with Crippen molar-refractivity contribution in [1.82, 2.24) is 5.32 Å². The van der Waals surface area contributed by atoms with Crippen LogP contribution in [0.3, 0.4) is 0 Å². The zero-order valence-electron chi connectivity index (χ0n) is 9.58. The Kier molecular flexibility index (Phi) is 10.9. The van der Waals surface area contributed by atoms with Gasteiger partial charge in [0.2, 0.25) is 5.91 Å². The summed E-state index contributed by atoms with van der Waals surface area (Å²) in [7, 11) is 3.25. The average molecular weight is 219 g/mol. The standard InChI is InChI=1S/C10H21NO4/c1-13-6-3-4-10(12)11-5-7-15-9-8-14-2/h3-9H2,1-2H3,(H,11,12). The van der Waals surface area contributed by atoms with Gasteiger partial charge < -0.3 is 19.5 Å². The summed E-state index contributed by atoms with van der Waals surface area (Å²) in [6, 6.07) is 0. The number of carbonyl (C=O) groups excluding carboxylic acids is 1. The zero-order valence-corrected chi connectivity index (χ0v) is 9.58. The third-order valence-corrected chi connectivity index (χ3v) is 1.75. The van der Waals surface area contributed by atoms with E-state index < -0.39 is 0 Å². The second-order valence-corrected chi connectivity index (χ2v) is 3.05. The molecule has 0 radical (unpaired) electrons. The highest BCUT2D eigenvalue weighted by molar-refractivity contribution is 5.75. The molecule has 0 fully saturated rings. The first kappa shape index (κ1) is 14.3. The largest absolute Gasteiger partial charge is 0.385 e. The van der Waals surface area contributed by atoms with Gasteiger partial charge in [0.15, 0.2) is 0 Å². The molecule has 1 amide bonds. The van der Waals surface area contributed by atoms with Crippen LogP contribution in [0.4, 0.5) is 0 Å². The molecule has 0 aromatic carbocycles. The normalized spacial score (nSPS) is 10.3. The van der Waals surface area contributed by atoms with E-state index in [1.54, 1.807) is 14.2 Å². The molecule has 1 N–H and O–H groups in total. The molecule has 0 heterocycles. The van der Waals surface area contributed by atoms with Crippen molar-refractivity contribution in [3.63, 3.8) is 0 Å². The van der Waals surface area contributed by atoms with Crippen LogP contribution in [0.15, 0.2) is 0 Å². The van der Waals surface area contributed by atoms with Gasteiger partial charge >= 0.3 is 0 Å². The number of rotatable bonds is 10. The van der Waals surface area contributed by atoms with Crippen LogP contribution in [0, 0.1) is 0 Å². The highest BCUT2D eigenvalue weighted by Gasteiger charge is 1.99. The lowest BCUT2D eigenvalue weighted by molar-refractivity contribution is -0.121. The highest BCUT2D eigenvalue weighted by atomic mass is 16.5. The Morgan fingerprint density at radius 1 is 1.07 bits per heavy atom. The Bertz CT molecular complexity index is 152. The summed E-state index contributed by atoms with van der Waals surface area (Å²) >= 11 is 0. The third-order valence-electron chi connectivity index (χ3n) is 1.75. The van der Waals surface area contributed by atoms with Gasteiger partial charge in [0.25, 0.3) is 0 Å². The molecular formula is C10H21NO4. The minimum atomic E-state index is 0.0439. The molecule has 0 aliphatic carbocycles. The second kappa shape index (κ2) is 11.4. The van der Waals surface area contributed by atoms with E-state index in [9.17, 15) is 4.79 Å². The van der Waals surface area contributed by atoms with Crippen molar-refractivity contribution >= 4 is 5.91 Å². The molecule has 0 saturated carbocycles. The lowest BCUT2D eigenvalue weighted by Crippen LogP contribution is -2.27. The van der Waals surface area contributed by atoms with E-state index in [-0.39, 0.29) is 5.91 Å². The van der Waals surface area contributed by atoms with Gasteiger partial charge in [-0.2, -0.15) is 0 Å². The first-order valence-corrected chi connectivity index (χ1v) is 5.13. The smallest absolute Gasteiger partial charge is 0.220 e. The molecule has 0 aromatic rings. The summed E-state index contributed by atoms with van der Waals surface area (Å²) in [4.78, 5) is 11.2. The molecule has 5 heteroatoms. The van der Waals surface area contributed by atoms with Gasteiger partial charge in [-0.3, -0.25) is 4.79 Å². The number of ether oxygens (including phenoxy) is 3. The van der Waals surface area contributed by atoms with Crippen molar-refractivity contribution in [2.45, 2.75) is 12.8 Å². The fraction of sp³-hybridized carbons (Fsp3) is 0.900. The molecule has 0 aliphatic heterocycles. The summed E-state index contributed by atoms with van der Waals surface area (Å²) in [6.45, 7) is 2.85. The topological polar surface area (TPSA) is 56.8 Å². The van der Waals surface area contributed by atoms with Crippen LogP contribution in [-0.2, 0) is 19.0 Å². The van der Waals surface area contributed by atoms with Gasteiger partial charge in [0.05, 0.1) is 19.8 Å². The van der Waals surface area contributed by atoms with Crippen molar-refractivity contribution in [3.8, 4) is 0 Å². The van der Waals surface area contributed by atoms with Crippen molar-refractivity contribution in [2.75, 3.05) is 47.2 Å². The molecule has 0 spiro atoms. The van der Waals surface area contributed by atoms with Gasteiger partial charge in [-0.05, 0) is 6.42 Å². The van der Waals surface area contributed by atoms with E-state index in [4.69, 9.17) is 14.2 Å². The molecule has 90 valence electrons. The summed E-state index contributed by atoms with van der Waals surface area (Å²) in [5.74, 6) is 0.0439. The van der Waals surface area contributed by atoms with Crippen LogP contribution < -0.4 is 5.32 Å². The first-order chi connectivity index (χ1) is 7.31. The number of hydrogen-bond acceptors (Lipinski definition) is 4. The van der Waals surface area contributed by atoms with Gasteiger partial charge in [-0.1, -0.05) is 0 Å². The first-order valence-electron chi connectivity index (χ1n) is 5.13. The quantitative estimate of drug-likeness (QED) is 0.533. The molecule has 0 saturated heterocycles. The SMILES string of the molecule is COCCCC(=O)NCCOCCOC. The molecule has 0 unspecified atom stereocenters. The van der Waals surface area contributed by atoms with Crippen molar-refractivity contribution in [2.24, 2.45) is 0 Å². The van der Waals surface area contributed by atoms with E-state index in [1.807, 2.05) is 0 Å². The second-order valence-electron chi connectivity index (χ2n) is 3.05. The van der Waals surface area contributed by atoms with Crippen molar-refractivity contribution in [3.05, 3.63) is 0 Å². The number of amides is 1. The summed E-state index contributed by atoms with van der Waals surface area (Å²) in [5.41, 5.74) is 0. The summed E-state index contributed by atoms with van der Waals surface area (Å²) < 4.78 is 14.8. The maximum Gasteiger partial charge on any atom is 0.220 e. The fourth-order valence-corrected chi connectivity index (χ4v) is 0.972. The lowest BCUT2D eigenvalue weighted by atomic mass is 10.3. The summed E-state index contributed by atoms with van der Waals surface area (Å²) in [5, 5.41) is 2.76. The van der Waals surface area contributed by atoms with E-state index in [2.05, 4.69) is 5.32 Å². The van der Waals surface area contributed by atoms with E-state index >= 15 is 0 Å². The third kappa shape index (κ3) is 11.3. The minimum absolute atomic E-state index is 0.0439. The average Bonchev–Trinajstić information content (AvgIpc) is 2.23. The Morgan fingerprint density at radius 3 is 2.47 bits per heavy atom. The van der Waals surface area contributed by atoms with Crippen molar-refractivity contribution in [1.29, 1.82) is 0 Å². The van der Waals surface area contributed by atoms with Gasteiger partial charge in [-0.25, -0.2) is 0 Å². The molecule has 0 rings (SSSR count). The Labute approximate surface area is 91.1 Å². The molecule has 0 aliphatic rings. The number of nitrogens with one attached hydrogen (secondary N) is 1. The molecular weight excluding hydrogens is 198 g/mol. The van der Waals surface area contributed by atoms with Crippen LogP contribution in [-0.4, -0.2) is 53.1 Å². The van der Waals surface area contributed by atoms with Crippen LogP contribution in [0.25, 0.3) is 0 Å². The maximum absolute atomic E-state index is 11.2. The molecule has 5 nitrogen and oxygen atoms in total. The highest BCUT2D eigenvalue weighted by Crippen LogP contribution is 1.88. The van der Waals surface area contributed by atoms with E-state index in [0.717, 1.165) is 6.42 Å². The fourth-order valence-electron chi connectivity index (χ4n) is 0.972. The van der Waals surface area contributed by atoms with Crippen LogP contribution in [0.2, 0.25) is 0 Å². The molecule has 15 heavy (non-hydrogen) atoms. The van der Waals surface area contributed by atoms with Crippen molar-refractivity contribution < 1.29 is 19.0 Å². The Hall–Kier alpha value is -0.650. The Morgan fingerprint density at radius 2 is 1.80 bits per heavy atom. The number of hydrogen-bond donors (Lipinski definition) is 1. The molecule has 0 atom stereocenters. The number of methoxy groups -OCH3 is 2. The minimum Gasteiger partial charge on any atom is -0.385 e. The van der Waals surface area contributed by atoms with Gasteiger partial charge in [-0.15, -0.1) is 0 Å². The predicted octanol–water partition coefficient (Wildman–Crippen LogP) is 0.192. The van der Waals surface area contributed by atoms with Crippen LogP contribution in [0.5, 0.6) is 0 Å². The zero-order chi connectivity index (χ0) is 11.4. The van der Waals surface area contributed by atoms with Gasteiger partial charge in [0, 0.05) is 33.8 Å². The van der Waals surface area contributed by atoms with Crippen LogP contribution >= 0.6 is 0 Å². The monoisotopic (exact) mass is 219 g/mol. The predicted molar refractivity (Wildman–Crippen MR) is 56.8 cm³/mol. The van der Waals surface area contributed by atoms with E-state index in [0.29, 0.717) is 39.4 Å². The maximum atomic E-state index is 11.2. The number of carbonyl (C=O) groups is 1. The van der Waals surface area contributed by atoms with Gasteiger partial charge in [0.1, 0.15) is 0 Å². The molecule has 0 aromatic heterocycles. The van der Waals surface area contributed by atoms with Crippen LogP contribution in [0.1, 0.15) is 12.8 Å². The summed E-state index contributed by atoms with van der Waals surface area (Å²) in [6.07, 6.45) is 1.26. The lowest BCUT2D eigenvalue weighted by Gasteiger charge is -2.05. The molecule has 0 bridgehead atoms. The Balaban J connectivity index is 3.10.